The first-order chi connectivity index (χ1) is 6.54. The molecule has 3 nitrogen and oxygen atoms in total. The van der Waals surface area contributed by atoms with Gasteiger partial charge in [0.2, 0.25) is 0 Å². The maximum absolute atomic E-state index is 6.05. The zero-order chi connectivity index (χ0) is 10.2. The van der Waals surface area contributed by atoms with E-state index in [1.165, 1.54) is 32.6 Å². The topological polar surface area (TPSA) is 41.3 Å². The second kappa shape index (κ2) is 3.80. The van der Waals surface area contributed by atoms with Gasteiger partial charge in [-0.15, -0.1) is 0 Å². The Morgan fingerprint density at radius 1 is 1.36 bits per heavy atom. The van der Waals surface area contributed by atoms with Crippen molar-refractivity contribution in [1.82, 2.24) is 10.2 Å². The molecule has 0 bridgehead atoms. The van der Waals surface area contributed by atoms with Gasteiger partial charge >= 0.3 is 0 Å². The fourth-order valence-electron chi connectivity index (χ4n) is 2.83. The minimum absolute atomic E-state index is 0.0428. The van der Waals surface area contributed by atoms with E-state index in [2.05, 4.69) is 24.1 Å². The van der Waals surface area contributed by atoms with Crippen LogP contribution in [0.2, 0.25) is 0 Å². The number of hydrogen-bond donors (Lipinski definition) is 2. The van der Waals surface area contributed by atoms with Crippen LogP contribution in [0.5, 0.6) is 0 Å². The standard InChI is InChI=1S/C11H23N3/c1-11(2,12)8-14-4-3-9-5-13-6-10(9)7-14/h9-10,13H,3-8,12H2,1-2H3. The average Bonchev–Trinajstić information content (AvgIpc) is 2.47. The highest BCUT2D eigenvalue weighted by atomic mass is 15.2. The minimum atomic E-state index is -0.0428. The number of nitrogens with one attached hydrogen (secondary N) is 1. The van der Waals surface area contributed by atoms with Crippen molar-refractivity contribution in [2.24, 2.45) is 17.6 Å². The Hall–Kier alpha value is -0.120. The summed E-state index contributed by atoms with van der Waals surface area (Å²) in [5, 5.41) is 3.49. The van der Waals surface area contributed by atoms with Crippen LogP contribution in [0.25, 0.3) is 0 Å². The molecule has 2 rings (SSSR count). The van der Waals surface area contributed by atoms with E-state index in [0.717, 1.165) is 18.4 Å². The highest BCUT2D eigenvalue weighted by Gasteiger charge is 2.33. The predicted octanol–water partition coefficient (Wildman–Crippen LogP) is 0.265. The molecule has 2 fully saturated rings. The van der Waals surface area contributed by atoms with Gasteiger partial charge in [-0.3, -0.25) is 0 Å². The minimum Gasteiger partial charge on any atom is -0.324 e. The fourth-order valence-corrected chi connectivity index (χ4v) is 2.83. The van der Waals surface area contributed by atoms with Gasteiger partial charge in [0.25, 0.3) is 0 Å². The molecule has 0 aliphatic carbocycles. The van der Waals surface area contributed by atoms with E-state index in [1.54, 1.807) is 0 Å². The Labute approximate surface area is 87.0 Å². The molecule has 2 aliphatic rings. The lowest BCUT2D eigenvalue weighted by Gasteiger charge is -2.37. The highest BCUT2D eigenvalue weighted by molar-refractivity contribution is 4.90. The molecule has 2 heterocycles. The van der Waals surface area contributed by atoms with Gasteiger partial charge in [0, 0.05) is 18.6 Å². The summed E-state index contributed by atoms with van der Waals surface area (Å²) in [6.45, 7) is 10.2. The molecular formula is C11H23N3. The highest BCUT2D eigenvalue weighted by Crippen LogP contribution is 2.26. The summed E-state index contributed by atoms with van der Waals surface area (Å²) in [5.74, 6) is 1.82. The first-order valence-corrected chi connectivity index (χ1v) is 5.76. The van der Waals surface area contributed by atoms with E-state index in [4.69, 9.17) is 5.73 Å². The summed E-state index contributed by atoms with van der Waals surface area (Å²) < 4.78 is 0. The summed E-state index contributed by atoms with van der Waals surface area (Å²) in [7, 11) is 0. The Morgan fingerprint density at radius 3 is 2.79 bits per heavy atom. The average molecular weight is 197 g/mol. The molecule has 0 aromatic carbocycles. The van der Waals surface area contributed by atoms with Crippen LogP contribution in [-0.4, -0.2) is 43.2 Å². The summed E-state index contributed by atoms with van der Waals surface area (Å²) in [4.78, 5) is 2.54. The first-order valence-electron chi connectivity index (χ1n) is 5.76. The van der Waals surface area contributed by atoms with Gasteiger partial charge in [-0.2, -0.15) is 0 Å². The molecule has 2 aliphatic heterocycles. The molecule has 0 saturated carbocycles. The molecular weight excluding hydrogens is 174 g/mol. The van der Waals surface area contributed by atoms with Crippen molar-refractivity contribution < 1.29 is 0 Å². The van der Waals surface area contributed by atoms with Crippen LogP contribution in [0.15, 0.2) is 0 Å². The summed E-state index contributed by atoms with van der Waals surface area (Å²) >= 11 is 0. The zero-order valence-electron chi connectivity index (χ0n) is 9.42. The number of hydrogen-bond acceptors (Lipinski definition) is 3. The number of nitrogens with zero attached hydrogens (tertiary/aromatic N) is 1. The lowest BCUT2D eigenvalue weighted by atomic mass is 9.88. The second-order valence-electron chi connectivity index (χ2n) is 5.69. The molecule has 3 heteroatoms. The zero-order valence-corrected chi connectivity index (χ0v) is 9.42. The smallest absolute Gasteiger partial charge is 0.0226 e. The molecule has 14 heavy (non-hydrogen) atoms. The van der Waals surface area contributed by atoms with Crippen LogP contribution >= 0.6 is 0 Å². The Balaban J connectivity index is 1.85. The predicted molar refractivity (Wildman–Crippen MR) is 59.2 cm³/mol. The summed E-state index contributed by atoms with van der Waals surface area (Å²) in [6.07, 6.45) is 1.35. The van der Waals surface area contributed by atoms with E-state index >= 15 is 0 Å². The Kier molecular flexibility index (Phi) is 2.82. The maximum atomic E-state index is 6.05. The SMILES string of the molecule is CC(C)(N)CN1CCC2CNCC2C1. The normalized spacial score (nSPS) is 34.5. The van der Waals surface area contributed by atoms with Gasteiger partial charge in [0.1, 0.15) is 0 Å². The number of nitrogens with two attached hydrogens (primary N) is 1. The molecule has 0 spiro atoms. The van der Waals surface area contributed by atoms with Gasteiger partial charge in [-0.1, -0.05) is 0 Å². The van der Waals surface area contributed by atoms with E-state index in [0.29, 0.717) is 0 Å². The maximum Gasteiger partial charge on any atom is 0.0226 e. The van der Waals surface area contributed by atoms with Crippen molar-refractivity contribution in [3.8, 4) is 0 Å². The lowest BCUT2D eigenvalue weighted by Crippen LogP contribution is -2.50. The number of rotatable bonds is 2. The van der Waals surface area contributed by atoms with Crippen molar-refractivity contribution in [1.29, 1.82) is 0 Å². The fraction of sp³-hybridized carbons (Fsp3) is 1.00. The van der Waals surface area contributed by atoms with Gasteiger partial charge in [0.05, 0.1) is 0 Å². The number of fused-ring (bicyclic) bond motifs is 1. The Bertz CT molecular complexity index is 197. The van der Waals surface area contributed by atoms with Crippen molar-refractivity contribution in [3.63, 3.8) is 0 Å². The van der Waals surface area contributed by atoms with Crippen LogP contribution in [-0.2, 0) is 0 Å². The van der Waals surface area contributed by atoms with Crippen LogP contribution in [0.1, 0.15) is 20.3 Å². The summed E-state index contributed by atoms with van der Waals surface area (Å²) in [6, 6.07) is 0. The van der Waals surface area contributed by atoms with Crippen LogP contribution in [0.4, 0.5) is 0 Å². The monoisotopic (exact) mass is 197 g/mol. The van der Waals surface area contributed by atoms with Gasteiger partial charge < -0.3 is 16.0 Å². The van der Waals surface area contributed by atoms with Crippen LogP contribution < -0.4 is 11.1 Å². The van der Waals surface area contributed by atoms with E-state index in [9.17, 15) is 0 Å². The van der Waals surface area contributed by atoms with Crippen LogP contribution in [0, 0.1) is 11.8 Å². The Morgan fingerprint density at radius 2 is 2.07 bits per heavy atom. The van der Waals surface area contributed by atoms with E-state index in [1.807, 2.05) is 0 Å². The van der Waals surface area contributed by atoms with Crippen molar-refractivity contribution >= 4 is 0 Å². The van der Waals surface area contributed by atoms with Gasteiger partial charge in [0.15, 0.2) is 0 Å². The first kappa shape index (κ1) is 10.4. The van der Waals surface area contributed by atoms with Crippen LogP contribution in [0.3, 0.4) is 0 Å². The molecule has 0 amide bonds. The third kappa shape index (κ3) is 2.47. The molecule has 82 valence electrons. The van der Waals surface area contributed by atoms with Gasteiger partial charge in [-0.05, 0) is 51.7 Å². The third-order valence-electron chi connectivity index (χ3n) is 3.42. The molecule has 3 N–H and O–H groups in total. The summed E-state index contributed by atoms with van der Waals surface area (Å²) in [5.41, 5.74) is 6.00. The molecule has 2 unspecified atom stereocenters. The molecule has 0 aromatic rings. The van der Waals surface area contributed by atoms with E-state index < -0.39 is 0 Å². The van der Waals surface area contributed by atoms with Crippen molar-refractivity contribution in [3.05, 3.63) is 0 Å². The second-order valence-corrected chi connectivity index (χ2v) is 5.69. The quantitative estimate of drug-likeness (QED) is 0.667. The third-order valence-corrected chi connectivity index (χ3v) is 3.42. The molecule has 2 saturated heterocycles. The molecule has 2 atom stereocenters. The van der Waals surface area contributed by atoms with Gasteiger partial charge in [-0.25, -0.2) is 0 Å². The van der Waals surface area contributed by atoms with E-state index in [-0.39, 0.29) is 5.54 Å². The van der Waals surface area contributed by atoms with Crippen molar-refractivity contribution in [2.75, 3.05) is 32.7 Å². The lowest BCUT2D eigenvalue weighted by molar-refractivity contribution is 0.128. The molecule has 0 radical (unpaired) electrons. The number of likely N-dealkylation sites (tertiary alicyclic amines) is 1. The molecule has 0 aromatic heterocycles. The van der Waals surface area contributed by atoms with Crippen molar-refractivity contribution in [2.45, 2.75) is 25.8 Å². The largest absolute Gasteiger partial charge is 0.324 e. The number of piperidine rings is 1.